The third kappa shape index (κ3) is 7.41. The monoisotopic (exact) mass is 408 g/mol. The average Bonchev–Trinajstić information content (AvgIpc) is 2.79. The van der Waals surface area contributed by atoms with E-state index in [0.717, 1.165) is 36.1 Å². The van der Waals surface area contributed by atoms with E-state index in [2.05, 4.69) is 48.3 Å². The average molecular weight is 409 g/mol. The first kappa shape index (κ1) is 22.8. The molecule has 0 N–H and O–H groups in total. The van der Waals surface area contributed by atoms with Crippen molar-refractivity contribution in [3.8, 4) is 17.1 Å². The Labute approximate surface area is 183 Å². The lowest BCUT2D eigenvalue weighted by Crippen LogP contribution is -2.15. The van der Waals surface area contributed by atoms with Crippen LogP contribution in [0.3, 0.4) is 0 Å². The summed E-state index contributed by atoms with van der Waals surface area (Å²) in [5.41, 5.74) is 3.48. The lowest BCUT2D eigenvalue weighted by atomic mass is 9.78. The predicted octanol–water partition coefficient (Wildman–Crippen LogP) is 7.64. The topological polar surface area (TPSA) is 35.0 Å². The second kappa shape index (κ2) is 12.7. The summed E-state index contributed by atoms with van der Waals surface area (Å²) in [6, 6.07) is 12.8. The minimum absolute atomic E-state index is 0.625. The molecule has 1 aliphatic carbocycles. The molecule has 1 aliphatic rings. The Morgan fingerprint density at radius 2 is 1.50 bits per heavy atom. The molecule has 0 unspecified atom stereocenters. The van der Waals surface area contributed by atoms with Crippen LogP contribution >= 0.6 is 0 Å². The van der Waals surface area contributed by atoms with Crippen LogP contribution in [-0.2, 0) is 6.42 Å². The smallest absolute Gasteiger partial charge is 0.233 e. The molecule has 0 atom stereocenters. The fourth-order valence-corrected chi connectivity index (χ4v) is 4.69. The molecule has 1 aromatic heterocycles. The second-order valence-corrected chi connectivity index (χ2v) is 9.08. The summed E-state index contributed by atoms with van der Waals surface area (Å²) in [6.45, 7) is 5.26. The molecular weight excluding hydrogens is 368 g/mol. The fourth-order valence-electron chi connectivity index (χ4n) is 4.69. The summed E-state index contributed by atoms with van der Waals surface area (Å²) in [5.74, 6) is 2.56. The Morgan fingerprint density at radius 3 is 2.13 bits per heavy atom. The van der Waals surface area contributed by atoms with Gasteiger partial charge in [-0.2, -0.15) is 0 Å². The summed E-state index contributed by atoms with van der Waals surface area (Å²) >= 11 is 0. The van der Waals surface area contributed by atoms with E-state index < -0.39 is 0 Å². The van der Waals surface area contributed by atoms with E-state index >= 15 is 0 Å². The molecule has 0 spiro atoms. The number of nitrogens with zero attached hydrogens (tertiary/aromatic N) is 2. The quantitative estimate of drug-likeness (QED) is 0.338. The van der Waals surface area contributed by atoms with Crippen molar-refractivity contribution in [2.45, 2.75) is 90.9 Å². The first-order chi connectivity index (χ1) is 14.8. The highest BCUT2D eigenvalue weighted by atomic mass is 16.5. The molecule has 1 saturated carbocycles. The number of aromatic nitrogens is 2. The van der Waals surface area contributed by atoms with Gasteiger partial charge >= 0.3 is 0 Å². The molecule has 0 bridgehead atoms. The van der Waals surface area contributed by atoms with E-state index in [-0.39, 0.29) is 0 Å². The molecule has 0 aliphatic heterocycles. The fraction of sp³-hybridized carbons (Fsp3) is 0.630. The van der Waals surface area contributed by atoms with Gasteiger partial charge in [-0.1, -0.05) is 95.9 Å². The minimum Gasteiger partial charge on any atom is -0.477 e. The number of ether oxygens (including phenoxy) is 1. The molecule has 1 aromatic carbocycles. The van der Waals surface area contributed by atoms with Gasteiger partial charge in [0, 0.05) is 11.6 Å². The number of rotatable bonds is 12. The second-order valence-electron chi connectivity index (χ2n) is 9.08. The minimum atomic E-state index is 0.625. The van der Waals surface area contributed by atoms with Crippen LogP contribution in [0, 0.1) is 11.8 Å². The van der Waals surface area contributed by atoms with Crippen molar-refractivity contribution < 1.29 is 4.74 Å². The van der Waals surface area contributed by atoms with Gasteiger partial charge in [-0.05, 0) is 42.7 Å². The maximum atomic E-state index is 5.70. The first-order valence-corrected chi connectivity index (χ1v) is 12.3. The molecular formula is C27H40N2O. The van der Waals surface area contributed by atoms with Crippen LogP contribution in [0.15, 0.2) is 36.4 Å². The third-order valence-corrected chi connectivity index (χ3v) is 6.64. The zero-order valence-electron chi connectivity index (χ0n) is 19.1. The van der Waals surface area contributed by atoms with Crippen molar-refractivity contribution >= 4 is 0 Å². The van der Waals surface area contributed by atoms with Crippen molar-refractivity contribution in [1.29, 1.82) is 0 Å². The molecule has 1 fully saturated rings. The summed E-state index contributed by atoms with van der Waals surface area (Å²) in [7, 11) is 0. The zero-order valence-corrected chi connectivity index (χ0v) is 19.1. The van der Waals surface area contributed by atoms with Crippen LogP contribution in [0.2, 0.25) is 0 Å². The third-order valence-electron chi connectivity index (χ3n) is 6.64. The Hall–Kier alpha value is -1.90. The van der Waals surface area contributed by atoms with E-state index in [1.165, 1.54) is 76.2 Å². The normalized spacial score (nSPS) is 19.0. The van der Waals surface area contributed by atoms with E-state index in [4.69, 9.17) is 4.74 Å². The van der Waals surface area contributed by atoms with E-state index in [1.807, 2.05) is 12.1 Å². The van der Waals surface area contributed by atoms with Gasteiger partial charge in [-0.3, -0.25) is 0 Å². The zero-order chi connectivity index (χ0) is 21.0. The van der Waals surface area contributed by atoms with Crippen LogP contribution in [-0.4, -0.2) is 16.8 Å². The molecule has 164 valence electrons. The van der Waals surface area contributed by atoms with Crippen LogP contribution in [0.5, 0.6) is 5.88 Å². The summed E-state index contributed by atoms with van der Waals surface area (Å²) in [6.07, 6.45) is 15.9. The van der Waals surface area contributed by atoms with Crippen LogP contribution in [0.4, 0.5) is 0 Å². The van der Waals surface area contributed by atoms with Gasteiger partial charge in [0.1, 0.15) is 0 Å². The molecule has 3 nitrogen and oxygen atoms in total. The van der Waals surface area contributed by atoms with Crippen molar-refractivity contribution in [1.82, 2.24) is 10.2 Å². The lowest BCUT2D eigenvalue weighted by molar-refractivity contribution is 0.252. The van der Waals surface area contributed by atoms with Crippen LogP contribution in [0.1, 0.15) is 90.0 Å². The molecule has 1 heterocycles. The number of unbranched alkanes of at least 4 members (excludes halogenated alkanes) is 3. The van der Waals surface area contributed by atoms with E-state index in [0.29, 0.717) is 5.88 Å². The highest BCUT2D eigenvalue weighted by molar-refractivity contribution is 5.59. The maximum Gasteiger partial charge on any atom is 0.233 e. The summed E-state index contributed by atoms with van der Waals surface area (Å²) < 4.78 is 5.70. The molecule has 3 rings (SSSR count). The molecule has 30 heavy (non-hydrogen) atoms. The Bertz CT molecular complexity index is 703. The van der Waals surface area contributed by atoms with E-state index in [9.17, 15) is 0 Å². The molecule has 3 heteroatoms. The molecule has 0 radical (unpaired) electrons. The number of hydrogen-bond acceptors (Lipinski definition) is 3. The number of aryl methyl sites for hydroxylation is 1. The van der Waals surface area contributed by atoms with Gasteiger partial charge in [-0.25, -0.2) is 0 Å². The number of hydrogen-bond donors (Lipinski definition) is 0. The maximum absolute atomic E-state index is 5.70. The summed E-state index contributed by atoms with van der Waals surface area (Å²) in [5, 5.41) is 8.60. The van der Waals surface area contributed by atoms with Crippen LogP contribution < -0.4 is 4.74 Å². The highest BCUT2D eigenvalue weighted by Crippen LogP contribution is 2.34. The highest BCUT2D eigenvalue weighted by Gasteiger charge is 2.20. The van der Waals surface area contributed by atoms with Gasteiger partial charge < -0.3 is 4.74 Å². The van der Waals surface area contributed by atoms with Crippen LogP contribution in [0.25, 0.3) is 11.3 Å². The summed E-state index contributed by atoms with van der Waals surface area (Å²) in [4.78, 5) is 0. The first-order valence-electron chi connectivity index (χ1n) is 12.3. The van der Waals surface area contributed by atoms with Crippen molar-refractivity contribution in [3.05, 3.63) is 42.0 Å². The van der Waals surface area contributed by atoms with Gasteiger partial charge in [0.25, 0.3) is 0 Å². The number of benzene rings is 1. The van der Waals surface area contributed by atoms with E-state index in [1.54, 1.807) is 0 Å². The van der Waals surface area contributed by atoms with Gasteiger partial charge in [0.05, 0.1) is 12.3 Å². The Balaban J connectivity index is 1.42. The predicted molar refractivity (Wildman–Crippen MR) is 126 cm³/mol. The molecule has 0 saturated heterocycles. The standard InChI is InChI=1S/C27H40N2O/c1-3-5-6-7-21-30-27-20-19-26(28-29-27)25-17-15-24(16-18-25)14-13-23-11-9-22(8-4-2)10-12-23/h15-20,22-23H,3-14,21H2,1-2H3. The SMILES string of the molecule is CCCCCCOc1ccc(-c2ccc(CCC3CCC(CCC)CC3)cc2)nn1. The Morgan fingerprint density at radius 1 is 0.767 bits per heavy atom. The van der Waals surface area contributed by atoms with Gasteiger partial charge in [0.2, 0.25) is 5.88 Å². The lowest BCUT2D eigenvalue weighted by Gasteiger charge is -2.28. The Kier molecular flexibility index (Phi) is 9.66. The molecule has 0 amide bonds. The molecule has 2 aromatic rings. The van der Waals surface area contributed by atoms with Gasteiger partial charge in [0.15, 0.2) is 0 Å². The largest absolute Gasteiger partial charge is 0.477 e. The van der Waals surface area contributed by atoms with Gasteiger partial charge in [-0.15, -0.1) is 10.2 Å². The van der Waals surface area contributed by atoms with Crippen molar-refractivity contribution in [2.24, 2.45) is 11.8 Å². The van der Waals surface area contributed by atoms with Crippen molar-refractivity contribution in [2.75, 3.05) is 6.61 Å². The van der Waals surface area contributed by atoms with Crippen molar-refractivity contribution in [3.63, 3.8) is 0 Å².